The molecule has 22 heavy (non-hydrogen) atoms. The van der Waals surface area contributed by atoms with Gasteiger partial charge in [-0.15, -0.1) is 0 Å². The van der Waals surface area contributed by atoms with E-state index in [1.165, 1.54) is 22.0 Å². The number of furan rings is 1. The molecule has 0 saturated carbocycles. The molecule has 0 spiro atoms. The number of nitrogens with zero attached hydrogens (tertiary/aromatic N) is 1. The van der Waals surface area contributed by atoms with E-state index in [9.17, 15) is 0 Å². The quantitative estimate of drug-likeness (QED) is 0.513. The summed E-state index contributed by atoms with van der Waals surface area (Å²) in [6.07, 6.45) is 0. The summed E-state index contributed by atoms with van der Waals surface area (Å²) in [5, 5.41) is 2.36. The van der Waals surface area contributed by atoms with Crippen molar-refractivity contribution in [3.63, 3.8) is 0 Å². The van der Waals surface area contributed by atoms with E-state index in [1.807, 2.05) is 24.3 Å². The molecule has 4 rings (SSSR count). The standard InChI is InChI=1S/C20H17NO/c1-21(16-7-3-2-4-8-16)14-15-11-12-18-17-9-5-6-10-19(17)22-20(18)13-15/h2-13H,14H2,1H3. The Morgan fingerprint density at radius 2 is 1.50 bits per heavy atom. The molecule has 1 heterocycles. The molecule has 0 amide bonds. The number of hydrogen-bond acceptors (Lipinski definition) is 2. The molecule has 0 fully saturated rings. The molecule has 4 aromatic rings. The summed E-state index contributed by atoms with van der Waals surface area (Å²) in [4.78, 5) is 2.24. The first-order chi connectivity index (χ1) is 10.8. The van der Waals surface area contributed by atoms with Crippen LogP contribution in [0.25, 0.3) is 21.9 Å². The molecule has 2 heteroatoms. The second-order valence-corrected chi connectivity index (χ2v) is 5.62. The Labute approximate surface area is 129 Å². The van der Waals surface area contributed by atoms with Crippen LogP contribution in [0.2, 0.25) is 0 Å². The normalized spacial score (nSPS) is 11.1. The summed E-state index contributed by atoms with van der Waals surface area (Å²) in [6, 6.07) is 25.1. The van der Waals surface area contributed by atoms with E-state index in [-0.39, 0.29) is 0 Å². The third-order valence-corrected chi connectivity index (χ3v) is 4.06. The SMILES string of the molecule is CN(Cc1ccc2c(c1)oc1ccccc12)c1ccccc1. The zero-order chi connectivity index (χ0) is 14.9. The number of hydrogen-bond donors (Lipinski definition) is 0. The molecular formula is C20H17NO. The predicted molar refractivity (Wildman–Crippen MR) is 92.3 cm³/mol. The van der Waals surface area contributed by atoms with Crippen molar-refractivity contribution in [2.75, 3.05) is 11.9 Å². The zero-order valence-electron chi connectivity index (χ0n) is 12.5. The first kappa shape index (κ1) is 13.0. The maximum absolute atomic E-state index is 5.96. The van der Waals surface area contributed by atoms with Crippen molar-refractivity contribution < 1.29 is 4.42 Å². The number of anilines is 1. The average Bonchev–Trinajstić information content (AvgIpc) is 2.93. The second kappa shape index (κ2) is 5.23. The van der Waals surface area contributed by atoms with Gasteiger partial charge in [0.1, 0.15) is 11.2 Å². The van der Waals surface area contributed by atoms with Gasteiger partial charge in [0, 0.05) is 30.1 Å². The van der Waals surface area contributed by atoms with Crippen LogP contribution < -0.4 is 4.90 Å². The molecule has 2 nitrogen and oxygen atoms in total. The third-order valence-electron chi connectivity index (χ3n) is 4.06. The molecule has 0 aliphatic carbocycles. The van der Waals surface area contributed by atoms with Gasteiger partial charge in [-0.05, 0) is 29.8 Å². The summed E-state index contributed by atoms with van der Waals surface area (Å²) in [5.74, 6) is 0. The van der Waals surface area contributed by atoms with Crippen LogP contribution in [-0.2, 0) is 6.54 Å². The lowest BCUT2D eigenvalue weighted by molar-refractivity contribution is 0.668. The van der Waals surface area contributed by atoms with Gasteiger partial charge in [-0.2, -0.15) is 0 Å². The van der Waals surface area contributed by atoms with E-state index in [2.05, 4.69) is 60.5 Å². The van der Waals surface area contributed by atoms with Crippen LogP contribution in [0.1, 0.15) is 5.56 Å². The summed E-state index contributed by atoms with van der Waals surface area (Å²) < 4.78 is 5.96. The molecule has 0 N–H and O–H groups in total. The van der Waals surface area contributed by atoms with Crippen LogP contribution in [0, 0.1) is 0 Å². The van der Waals surface area contributed by atoms with Crippen molar-refractivity contribution in [2.45, 2.75) is 6.54 Å². The topological polar surface area (TPSA) is 16.4 Å². The first-order valence-electron chi connectivity index (χ1n) is 7.47. The van der Waals surface area contributed by atoms with Gasteiger partial charge >= 0.3 is 0 Å². The fraction of sp³-hybridized carbons (Fsp3) is 0.100. The van der Waals surface area contributed by atoms with Crippen LogP contribution in [0.15, 0.2) is 77.2 Å². The van der Waals surface area contributed by atoms with E-state index < -0.39 is 0 Å². The molecule has 0 aliphatic heterocycles. The van der Waals surface area contributed by atoms with E-state index in [4.69, 9.17) is 4.42 Å². The molecule has 0 saturated heterocycles. The van der Waals surface area contributed by atoms with Gasteiger partial charge in [-0.3, -0.25) is 0 Å². The molecule has 3 aromatic carbocycles. The van der Waals surface area contributed by atoms with Crippen LogP contribution >= 0.6 is 0 Å². The maximum atomic E-state index is 5.96. The number of benzene rings is 3. The molecular weight excluding hydrogens is 270 g/mol. The monoisotopic (exact) mass is 287 g/mol. The Hall–Kier alpha value is -2.74. The van der Waals surface area contributed by atoms with Crippen molar-refractivity contribution in [1.29, 1.82) is 0 Å². The van der Waals surface area contributed by atoms with Gasteiger partial charge < -0.3 is 9.32 Å². The Morgan fingerprint density at radius 1 is 0.773 bits per heavy atom. The summed E-state index contributed by atoms with van der Waals surface area (Å²) in [7, 11) is 2.11. The maximum Gasteiger partial charge on any atom is 0.135 e. The Morgan fingerprint density at radius 3 is 2.36 bits per heavy atom. The molecule has 0 radical (unpaired) electrons. The third kappa shape index (κ3) is 2.23. The van der Waals surface area contributed by atoms with Gasteiger partial charge in [0.15, 0.2) is 0 Å². The van der Waals surface area contributed by atoms with Crippen molar-refractivity contribution in [1.82, 2.24) is 0 Å². The van der Waals surface area contributed by atoms with Crippen LogP contribution in [0.4, 0.5) is 5.69 Å². The van der Waals surface area contributed by atoms with Gasteiger partial charge in [0.05, 0.1) is 0 Å². The van der Waals surface area contributed by atoms with Crippen molar-refractivity contribution in [3.8, 4) is 0 Å². The Bertz CT molecular complexity index is 924. The first-order valence-corrected chi connectivity index (χ1v) is 7.47. The fourth-order valence-corrected chi connectivity index (χ4v) is 2.92. The molecule has 0 aliphatic rings. The minimum Gasteiger partial charge on any atom is -0.456 e. The summed E-state index contributed by atoms with van der Waals surface area (Å²) in [6.45, 7) is 0.858. The second-order valence-electron chi connectivity index (χ2n) is 5.62. The molecule has 0 atom stereocenters. The highest BCUT2D eigenvalue weighted by molar-refractivity contribution is 6.04. The zero-order valence-corrected chi connectivity index (χ0v) is 12.5. The van der Waals surface area contributed by atoms with E-state index >= 15 is 0 Å². The van der Waals surface area contributed by atoms with Crippen molar-refractivity contribution >= 4 is 27.6 Å². The van der Waals surface area contributed by atoms with Crippen molar-refractivity contribution in [2.24, 2.45) is 0 Å². The molecule has 1 aromatic heterocycles. The lowest BCUT2D eigenvalue weighted by atomic mass is 10.1. The van der Waals surface area contributed by atoms with Crippen LogP contribution in [-0.4, -0.2) is 7.05 Å². The van der Waals surface area contributed by atoms with Gasteiger partial charge in [0.25, 0.3) is 0 Å². The minimum atomic E-state index is 0.858. The fourth-order valence-electron chi connectivity index (χ4n) is 2.92. The lowest BCUT2D eigenvalue weighted by Crippen LogP contribution is -2.15. The smallest absolute Gasteiger partial charge is 0.135 e. The van der Waals surface area contributed by atoms with E-state index in [0.717, 1.165) is 17.7 Å². The van der Waals surface area contributed by atoms with Crippen LogP contribution in [0.3, 0.4) is 0 Å². The molecule has 0 bridgehead atoms. The highest BCUT2D eigenvalue weighted by Crippen LogP contribution is 2.29. The van der Waals surface area contributed by atoms with E-state index in [1.54, 1.807) is 0 Å². The highest BCUT2D eigenvalue weighted by atomic mass is 16.3. The number of fused-ring (bicyclic) bond motifs is 3. The lowest BCUT2D eigenvalue weighted by Gasteiger charge is -2.19. The van der Waals surface area contributed by atoms with Gasteiger partial charge in [-0.25, -0.2) is 0 Å². The van der Waals surface area contributed by atoms with Crippen LogP contribution in [0.5, 0.6) is 0 Å². The molecule has 0 unspecified atom stereocenters. The summed E-state index contributed by atoms with van der Waals surface area (Å²) in [5.41, 5.74) is 4.37. The van der Waals surface area contributed by atoms with E-state index in [0.29, 0.717) is 0 Å². The van der Waals surface area contributed by atoms with Crippen molar-refractivity contribution in [3.05, 3.63) is 78.4 Å². The Balaban J connectivity index is 1.69. The van der Waals surface area contributed by atoms with Gasteiger partial charge in [0.2, 0.25) is 0 Å². The predicted octanol–water partition coefficient (Wildman–Crippen LogP) is 5.22. The largest absolute Gasteiger partial charge is 0.456 e. The Kier molecular flexibility index (Phi) is 3.08. The number of rotatable bonds is 3. The summed E-state index contributed by atoms with van der Waals surface area (Å²) >= 11 is 0. The van der Waals surface area contributed by atoms with Gasteiger partial charge in [-0.1, -0.05) is 48.5 Å². The average molecular weight is 287 g/mol. The minimum absolute atomic E-state index is 0.858. The highest BCUT2D eigenvalue weighted by Gasteiger charge is 2.08. The number of para-hydroxylation sites is 2. The molecule has 108 valence electrons.